The van der Waals surface area contributed by atoms with Crippen molar-refractivity contribution in [3.8, 4) is 5.75 Å². The monoisotopic (exact) mass is 408 g/mol. The molecule has 156 valence electrons. The third kappa shape index (κ3) is 4.00. The zero-order valence-electron chi connectivity index (χ0n) is 17.2. The number of halogens is 1. The standard InChI is InChI=1S/C24H25FN2O3/c1-16-21(12-17-6-7-20(29-2)14-22(17)27-16)23(28)26-15-24(8-10-30-11-9-24)18-4-3-5-19(25)13-18/h3-7,12-14H,8-11,15H2,1-2H3,(H,26,28). The van der Waals surface area contributed by atoms with Crippen LogP contribution in [-0.2, 0) is 10.2 Å². The van der Waals surface area contributed by atoms with Gasteiger partial charge in [0.25, 0.3) is 5.91 Å². The largest absolute Gasteiger partial charge is 0.497 e. The fourth-order valence-corrected chi connectivity index (χ4v) is 4.09. The summed E-state index contributed by atoms with van der Waals surface area (Å²) in [6.07, 6.45) is 1.46. The number of hydrogen-bond acceptors (Lipinski definition) is 4. The number of fused-ring (bicyclic) bond motifs is 1. The second-order valence-electron chi connectivity index (χ2n) is 7.77. The number of amides is 1. The molecule has 0 spiro atoms. The molecule has 1 aliphatic heterocycles. The molecule has 1 saturated heterocycles. The SMILES string of the molecule is COc1ccc2cc(C(=O)NCC3(c4cccc(F)c4)CCOCC3)c(C)nc2c1. The van der Waals surface area contributed by atoms with Gasteiger partial charge in [-0.3, -0.25) is 9.78 Å². The van der Waals surface area contributed by atoms with Gasteiger partial charge in [0.1, 0.15) is 11.6 Å². The fraction of sp³-hybridized carbons (Fsp3) is 0.333. The molecule has 0 bridgehead atoms. The van der Waals surface area contributed by atoms with Crippen molar-refractivity contribution < 1.29 is 18.7 Å². The predicted octanol–water partition coefficient (Wildman–Crippen LogP) is 4.17. The Labute approximate surface area is 175 Å². The van der Waals surface area contributed by atoms with Crippen molar-refractivity contribution >= 4 is 16.8 Å². The van der Waals surface area contributed by atoms with Crippen LogP contribution in [0.2, 0.25) is 0 Å². The zero-order valence-corrected chi connectivity index (χ0v) is 17.2. The summed E-state index contributed by atoms with van der Waals surface area (Å²) in [5.41, 5.74) is 2.52. The minimum absolute atomic E-state index is 0.181. The maximum absolute atomic E-state index is 13.9. The molecule has 1 fully saturated rings. The summed E-state index contributed by atoms with van der Waals surface area (Å²) in [6, 6.07) is 14.1. The van der Waals surface area contributed by atoms with Crippen LogP contribution < -0.4 is 10.1 Å². The van der Waals surface area contributed by atoms with Crippen molar-refractivity contribution in [2.24, 2.45) is 0 Å². The summed E-state index contributed by atoms with van der Waals surface area (Å²) in [7, 11) is 1.61. The average molecular weight is 408 g/mol. The summed E-state index contributed by atoms with van der Waals surface area (Å²) in [6.45, 7) is 3.42. The van der Waals surface area contributed by atoms with E-state index in [1.54, 1.807) is 19.2 Å². The van der Waals surface area contributed by atoms with E-state index in [-0.39, 0.29) is 17.1 Å². The number of rotatable bonds is 5. The summed E-state index contributed by atoms with van der Waals surface area (Å²) < 4.78 is 24.7. The maximum atomic E-state index is 13.9. The smallest absolute Gasteiger partial charge is 0.253 e. The van der Waals surface area contributed by atoms with Gasteiger partial charge in [-0.15, -0.1) is 0 Å². The molecule has 0 saturated carbocycles. The Balaban J connectivity index is 1.58. The van der Waals surface area contributed by atoms with E-state index in [2.05, 4.69) is 10.3 Å². The molecule has 0 unspecified atom stereocenters. The number of aromatic nitrogens is 1. The Bertz CT molecular complexity index is 1080. The summed E-state index contributed by atoms with van der Waals surface area (Å²) in [5, 5.41) is 3.95. The molecule has 1 aromatic heterocycles. The van der Waals surface area contributed by atoms with Gasteiger partial charge < -0.3 is 14.8 Å². The normalized spacial score (nSPS) is 15.7. The van der Waals surface area contributed by atoms with Gasteiger partial charge in [0, 0.05) is 36.6 Å². The van der Waals surface area contributed by atoms with Gasteiger partial charge in [-0.2, -0.15) is 0 Å². The molecular formula is C24H25FN2O3. The molecule has 6 heteroatoms. The Morgan fingerprint density at radius 1 is 1.20 bits per heavy atom. The Hall–Kier alpha value is -2.99. The van der Waals surface area contributed by atoms with Crippen LogP contribution in [0, 0.1) is 12.7 Å². The summed E-state index contributed by atoms with van der Waals surface area (Å²) in [4.78, 5) is 17.6. The van der Waals surface area contributed by atoms with Crippen molar-refractivity contribution in [2.75, 3.05) is 26.9 Å². The van der Waals surface area contributed by atoms with Gasteiger partial charge in [-0.25, -0.2) is 4.39 Å². The van der Waals surface area contributed by atoms with Crippen LogP contribution in [-0.4, -0.2) is 37.8 Å². The van der Waals surface area contributed by atoms with E-state index < -0.39 is 0 Å². The number of nitrogens with zero attached hydrogens (tertiary/aromatic N) is 1. The van der Waals surface area contributed by atoms with Gasteiger partial charge in [0.05, 0.1) is 23.9 Å². The van der Waals surface area contributed by atoms with E-state index >= 15 is 0 Å². The number of benzene rings is 2. The summed E-state index contributed by atoms with van der Waals surface area (Å²) >= 11 is 0. The van der Waals surface area contributed by atoms with Gasteiger partial charge >= 0.3 is 0 Å². The molecular weight excluding hydrogens is 383 g/mol. The Kier molecular flexibility index (Phi) is 5.68. The van der Waals surface area contributed by atoms with Crippen LogP contribution in [0.4, 0.5) is 4.39 Å². The van der Waals surface area contributed by atoms with Crippen molar-refractivity contribution in [1.82, 2.24) is 10.3 Å². The average Bonchev–Trinajstić information content (AvgIpc) is 2.77. The van der Waals surface area contributed by atoms with Gasteiger partial charge in [0.2, 0.25) is 0 Å². The number of methoxy groups -OCH3 is 1. The van der Waals surface area contributed by atoms with Crippen molar-refractivity contribution in [1.29, 1.82) is 0 Å². The lowest BCUT2D eigenvalue weighted by Crippen LogP contribution is -2.44. The molecule has 5 nitrogen and oxygen atoms in total. The van der Waals surface area contributed by atoms with Crippen molar-refractivity contribution in [3.63, 3.8) is 0 Å². The number of carbonyl (C=O) groups excluding carboxylic acids is 1. The topological polar surface area (TPSA) is 60.5 Å². The van der Waals surface area contributed by atoms with E-state index in [0.29, 0.717) is 31.0 Å². The maximum Gasteiger partial charge on any atom is 0.253 e. The first-order chi connectivity index (χ1) is 14.5. The molecule has 1 amide bonds. The zero-order chi connectivity index (χ0) is 21.1. The number of ether oxygens (including phenoxy) is 2. The molecule has 2 aromatic carbocycles. The highest BCUT2D eigenvalue weighted by Gasteiger charge is 2.35. The highest BCUT2D eigenvalue weighted by molar-refractivity contribution is 5.98. The first-order valence-corrected chi connectivity index (χ1v) is 10.1. The first-order valence-electron chi connectivity index (χ1n) is 10.1. The van der Waals surface area contributed by atoms with Crippen LogP contribution in [0.25, 0.3) is 10.9 Å². The molecule has 2 heterocycles. The minimum Gasteiger partial charge on any atom is -0.497 e. The molecule has 3 aromatic rings. The highest BCUT2D eigenvalue weighted by atomic mass is 19.1. The molecule has 4 rings (SSSR count). The molecule has 30 heavy (non-hydrogen) atoms. The third-order valence-corrected chi connectivity index (χ3v) is 5.93. The van der Waals surface area contributed by atoms with E-state index in [4.69, 9.17) is 9.47 Å². The van der Waals surface area contributed by atoms with E-state index in [0.717, 1.165) is 35.1 Å². The Morgan fingerprint density at radius 3 is 2.73 bits per heavy atom. The van der Waals surface area contributed by atoms with Crippen molar-refractivity contribution in [2.45, 2.75) is 25.2 Å². The third-order valence-electron chi connectivity index (χ3n) is 5.93. The van der Waals surface area contributed by atoms with E-state index in [9.17, 15) is 9.18 Å². The summed E-state index contributed by atoms with van der Waals surface area (Å²) in [5.74, 6) is 0.276. The second-order valence-corrected chi connectivity index (χ2v) is 7.77. The van der Waals surface area contributed by atoms with Crippen LogP contribution in [0.1, 0.15) is 34.5 Å². The fourth-order valence-electron chi connectivity index (χ4n) is 4.09. The van der Waals surface area contributed by atoms with Crippen LogP contribution in [0.3, 0.4) is 0 Å². The molecule has 1 N–H and O–H groups in total. The molecule has 0 radical (unpaired) electrons. The van der Waals surface area contributed by atoms with E-state index in [1.807, 2.05) is 37.3 Å². The first kappa shape index (κ1) is 20.3. The molecule has 0 atom stereocenters. The number of hydrogen-bond donors (Lipinski definition) is 1. The number of pyridine rings is 1. The number of aryl methyl sites for hydroxylation is 1. The number of carbonyl (C=O) groups is 1. The Morgan fingerprint density at radius 2 is 2.00 bits per heavy atom. The lowest BCUT2D eigenvalue weighted by Gasteiger charge is -2.38. The minimum atomic E-state index is -0.346. The van der Waals surface area contributed by atoms with Crippen LogP contribution >= 0.6 is 0 Å². The quantitative estimate of drug-likeness (QED) is 0.688. The lowest BCUT2D eigenvalue weighted by molar-refractivity contribution is 0.0486. The van der Waals surface area contributed by atoms with Crippen LogP contribution in [0.5, 0.6) is 5.75 Å². The lowest BCUT2D eigenvalue weighted by atomic mass is 9.74. The molecule has 1 aliphatic rings. The second kappa shape index (κ2) is 8.40. The van der Waals surface area contributed by atoms with Crippen LogP contribution in [0.15, 0.2) is 48.5 Å². The number of nitrogens with one attached hydrogen (secondary N) is 1. The van der Waals surface area contributed by atoms with Gasteiger partial charge in [-0.1, -0.05) is 12.1 Å². The highest BCUT2D eigenvalue weighted by Crippen LogP contribution is 2.34. The predicted molar refractivity (Wildman–Crippen MR) is 113 cm³/mol. The van der Waals surface area contributed by atoms with Gasteiger partial charge in [0.15, 0.2) is 0 Å². The van der Waals surface area contributed by atoms with E-state index in [1.165, 1.54) is 6.07 Å². The van der Waals surface area contributed by atoms with Crippen molar-refractivity contribution in [3.05, 3.63) is 71.2 Å². The molecule has 0 aliphatic carbocycles. The van der Waals surface area contributed by atoms with Gasteiger partial charge in [-0.05, 0) is 55.7 Å².